The van der Waals surface area contributed by atoms with Gasteiger partial charge in [0, 0.05) is 5.02 Å². The Kier molecular flexibility index (Phi) is 14.1. The Morgan fingerprint density at radius 3 is 1.59 bits per heavy atom. The highest BCUT2D eigenvalue weighted by molar-refractivity contribution is 6.74. The molecule has 0 saturated heterocycles. The van der Waals surface area contributed by atoms with Gasteiger partial charge >= 0.3 is 0 Å². The van der Waals surface area contributed by atoms with Crippen molar-refractivity contribution in [2.24, 2.45) is 0 Å². The number of hydrogen-bond acceptors (Lipinski definition) is 1. The summed E-state index contributed by atoms with van der Waals surface area (Å²) in [6.45, 7) is 6.88. The number of unbranched alkanes of at least 4 members (excludes halogenated alkanes) is 9. The molecule has 3 heteroatoms. The maximum atomic E-state index is 6.88. The lowest BCUT2D eigenvalue weighted by Crippen LogP contribution is -2.41. The minimum Gasteiger partial charge on any atom is -0.543 e. The molecule has 0 radical (unpaired) electrons. The summed E-state index contributed by atoms with van der Waals surface area (Å²) in [6, 6.07) is 12.1. The van der Waals surface area contributed by atoms with Crippen molar-refractivity contribution >= 4 is 19.9 Å². The fraction of sp³-hybridized carbons (Fsp3) is 0.750. The number of benzene rings is 1. The van der Waals surface area contributed by atoms with Crippen LogP contribution in [-0.2, 0) is 0 Å². The molecule has 1 aromatic carbocycles. The van der Waals surface area contributed by atoms with E-state index in [9.17, 15) is 0 Å². The Balaban J connectivity index is 2.84. The molecule has 0 bridgehead atoms. The maximum Gasteiger partial charge on any atom is 0.251 e. The van der Waals surface area contributed by atoms with E-state index in [0.717, 1.165) is 10.8 Å². The molecule has 0 N–H and O–H groups in total. The van der Waals surface area contributed by atoms with E-state index >= 15 is 0 Å². The Hall–Kier alpha value is -0.473. The van der Waals surface area contributed by atoms with Gasteiger partial charge in [-0.3, -0.25) is 0 Å². The quantitative estimate of drug-likeness (QED) is 0.183. The number of rotatable bonds is 17. The third-order valence-corrected chi connectivity index (χ3v) is 10.3. The monoisotopic (exact) mass is 410 g/mol. The first kappa shape index (κ1) is 24.6. The second kappa shape index (κ2) is 15.4. The Labute approximate surface area is 175 Å². The van der Waals surface area contributed by atoms with E-state index in [1.54, 1.807) is 0 Å². The fourth-order valence-corrected chi connectivity index (χ4v) is 8.48. The minimum atomic E-state index is -1.77. The minimum absolute atomic E-state index is 0.790. The summed E-state index contributed by atoms with van der Waals surface area (Å²) in [4.78, 5) is 0. The average molecular weight is 411 g/mol. The summed E-state index contributed by atoms with van der Waals surface area (Å²) in [7, 11) is -1.77. The summed E-state index contributed by atoms with van der Waals surface area (Å²) in [6.07, 6.45) is 16.0. The number of hydrogen-bond donors (Lipinski definition) is 0. The third-order valence-electron chi connectivity index (χ3n) is 5.59. The second-order valence-corrected chi connectivity index (χ2v) is 12.7. The summed E-state index contributed by atoms with van der Waals surface area (Å²) >= 11 is 6.25. The van der Waals surface area contributed by atoms with Crippen molar-refractivity contribution < 1.29 is 4.43 Å². The lowest BCUT2D eigenvalue weighted by molar-refractivity contribution is 0.502. The highest BCUT2D eigenvalue weighted by Crippen LogP contribution is 2.33. The zero-order valence-corrected chi connectivity index (χ0v) is 20.0. The van der Waals surface area contributed by atoms with Gasteiger partial charge in [-0.15, -0.1) is 0 Å². The molecule has 0 aliphatic heterocycles. The van der Waals surface area contributed by atoms with E-state index in [1.807, 2.05) is 18.2 Å². The van der Waals surface area contributed by atoms with Crippen LogP contribution in [0.15, 0.2) is 24.3 Å². The van der Waals surface area contributed by atoms with E-state index in [0.29, 0.717) is 0 Å². The predicted molar refractivity (Wildman–Crippen MR) is 125 cm³/mol. The van der Waals surface area contributed by atoms with Crippen LogP contribution in [0, 0.1) is 0 Å². The molecule has 0 amide bonds. The summed E-state index contributed by atoms with van der Waals surface area (Å²) in [5.41, 5.74) is 0. The third kappa shape index (κ3) is 11.2. The van der Waals surface area contributed by atoms with Crippen LogP contribution in [0.25, 0.3) is 0 Å². The highest BCUT2D eigenvalue weighted by Gasteiger charge is 2.35. The van der Waals surface area contributed by atoms with E-state index in [4.69, 9.17) is 16.0 Å². The van der Waals surface area contributed by atoms with Crippen LogP contribution in [0.1, 0.15) is 97.8 Å². The maximum absolute atomic E-state index is 6.88. The lowest BCUT2D eigenvalue weighted by atomic mass is 10.2. The number of halogens is 1. The molecule has 0 atom stereocenters. The van der Waals surface area contributed by atoms with Crippen LogP contribution in [0.2, 0.25) is 23.2 Å². The average Bonchev–Trinajstić information content (AvgIpc) is 2.66. The van der Waals surface area contributed by atoms with Crippen molar-refractivity contribution in [2.75, 3.05) is 0 Å². The van der Waals surface area contributed by atoms with Crippen molar-refractivity contribution in [3.05, 3.63) is 29.3 Å². The molecule has 0 aliphatic carbocycles. The van der Waals surface area contributed by atoms with Crippen molar-refractivity contribution in [3.8, 4) is 5.75 Å². The van der Waals surface area contributed by atoms with Gasteiger partial charge in [0.2, 0.25) is 0 Å². The molecule has 0 aliphatic rings. The molecule has 0 saturated carbocycles. The molecule has 156 valence electrons. The summed E-state index contributed by atoms with van der Waals surface area (Å²) in [5, 5.41) is 0.790. The topological polar surface area (TPSA) is 9.23 Å². The lowest BCUT2D eigenvalue weighted by Gasteiger charge is -2.33. The molecule has 1 nitrogen and oxygen atoms in total. The van der Waals surface area contributed by atoms with Gasteiger partial charge in [-0.25, -0.2) is 0 Å². The van der Waals surface area contributed by atoms with Gasteiger partial charge in [0.05, 0.1) is 0 Å². The first-order chi connectivity index (χ1) is 13.2. The highest BCUT2D eigenvalue weighted by atomic mass is 35.5. The van der Waals surface area contributed by atoms with Gasteiger partial charge in [0.1, 0.15) is 5.75 Å². The van der Waals surface area contributed by atoms with Crippen LogP contribution in [-0.4, -0.2) is 8.32 Å². The Bertz CT molecular complexity index is 446. The molecule has 0 unspecified atom stereocenters. The SMILES string of the molecule is CCCCCC[Si](CCCCCC)(CCCCCC)Oc1cccc(Cl)c1. The van der Waals surface area contributed by atoms with Gasteiger partial charge in [-0.05, 0) is 36.3 Å². The second-order valence-electron chi connectivity index (χ2n) is 8.17. The van der Waals surface area contributed by atoms with Gasteiger partial charge in [0.25, 0.3) is 8.32 Å². The molecule has 0 aromatic heterocycles. The van der Waals surface area contributed by atoms with Crippen LogP contribution >= 0.6 is 11.6 Å². The van der Waals surface area contributed by atoms with Crippen molar-refractivity contribution in [3.63, 3.8) is 0 Å². The smallest absolute Gasteiger partial charge is 0.251 e. The molecular formula is C24H43ClOSi. The van der Waals surface area contributed by atoms with Crippen LogP contribution in [0.4, 0.5) is 0 Å². The van der Waals surface area contributed by atoms with Gasteiger partial charge in [0.15, 0.2) is 0 Å². The fourth-order valence-electron chi connectivity index (χ4n) is 3.93. The van der Waals surface area contributed by atoms with Crippen LogP contribution in [0.3, 0.4) is 0 Å². The van der Waals surface area contributed by atoms with Crippen LogP contribution in [0.5, 0.6) is 5.75 Å². The van der Waals surface area contributed by atoms with Gasteiger partial charge < -0.3 is 4.43 Å². The van der Waals surface area contributed by atoms with Gasteiger partial charge in [-0.2, -0.15) is 0 Å². The Morgan fingerprint density at radius 2 is 1.19 bits per heavy atom. The summed E-state index contributed by atoms with van der Waals surface area (Å²) in [5.74, 6) is 1.01. The normalized spacial score (nSPS) is 11.7. The van der Waals surface area contributed by atoms with Crippen molar-refractivity contribution in [1.29, 1.82) is 0 Å². The van der Waals surface area contributed by atoms with E-state index in [-0.39, 0.29) is 0 Å². The van der Waals surface area contributed by atoms with Crippen molar-refractivity contribution in [2.45, 2.75) is 116 Å². The Morgan fingerprint density at radius 1 is 0.704 bits per heavy atom. The molecule has 0 fully saturated rings. The molecule has 0 spiro atoms. The molecule has 27 heavy (non-hydrogen) atoms. The molecular weight excluding hydrogens is 368 g/mol. The van der Waals surface area contributed by atoms with E-state index in [1.165, 1.54) is 95.2 Å². The van der Waals surface area contributed by atoms with E-state index in [2.05, 4.69) is 26.8 Å². The standard InChI is InChI=1S/C24H43ClOSi/c1-4-7-10-13-19-27(20-14-11-8-5-2,21-15-12-9-6-3)26-24-18-16-17-23(25)22-24/h16-18,22H,4-15,19-21H2,1-3H3. The predicted octanol–water partition coefficient (Wildman–Crippen LogP) is 9.41. The first-order valence-electron chi connectivity index (χ1n) is 11.6. The molecule has 1 rings (SSSR count). The molecule has 0 heterocycles. The zero-order chi connectivity index (χ0) is 19.8. The van der Waals surface area contributed by atoms with E-state index < -0.39 is 8.32 Å². The van der Waals surface area contributed by atoms with Crippen LogP contribution < -0.4 is 4.43 Å². The van der Waals surface area contributed by atoms with Crippen molar-refractivity contribution in [1.82, 2.24) is 0 Å². The largest absolute Gasteiger partial charge is 0.543 e. The van der Waals surface area contributed by atoms with Gasteiger partial charge in [-0.1, -0.05) is 115 Å². The first-order valence-corrected chi connectivity index (χ1v) is 14.5. The molecule has 1 aromatic rings. The summed E-state index contributed by atoms with van der Waals surface area (Å²) < 4.78 is 6.88. The zero-order valence-electron chi connectivity index (χ0n) is 18.2.